The number of nitrogens with zero attached hydrogens (tertiary/aromatic N) is 1. The Bertz CT molecular complexity index is 1080. The summed E-state index contributed by atoms with van der Waals surface area (Å²) in [5.41, 5.74) is 2.58. The van der Waals surface area contributed by atoms with Crippen molar-refractivity contribution in [2.75, 3.05) is 14.1 Å². The molecular formula is C22H24N2O8. The van der Waals surface area contributed by atoms with Gasteiger partial charge < -0.3 is 21.1 Å². The maximum atomic E-state index is 13.6. The van der Waals surface area contributed by atoms with Gasteiger partial charge >= 0.3 is 0 Å². The summed E-state index contributed by atoms with van der Waals surface area (Å²) >= 11 is 0. The van der Waals surface area contributed by atoms with Crippen LogP contribution < -0.4 is 5.73 Å². The molecule has 1 aromatic rings. The highest BCUT2D eigenvalue weighted by atomic mass is 16.3. The highest BCUT2D eigenvalue weighted by molar-refractivity contribution is 6.32. The van der Waals surface area contributed by atoms with E-state index in [2.05, 4.69) is 0 Å². The van der Waals surface area contributed by atoms with Crippen LogP contribution in [0.3, 0.4) is 0 Å². The van der Waals surface area contributed by atoms with E-state index in [9.17, 15) is 39.3 Å². The van der Waals surface area contributed by atoms with E-state index in [-0.39, 0.29) is 11.3 Å². The number of amides is 1. The lowest BCUT2D eigenvalue weighted by Crippen LogP contribution is -2.77. The number of nitrogens with two attached hydrogens (primary N) is 1. The summed E-state index contributed by atoms with van der Waals surface area (Å²) in [4.78, 5) is 66.3. The zero-order valence-corrected chi connectivity index (χ0v) is 17.7. The lowest BCUT2D eigenvalue weighted by Gasteiger charge is -2.55. The number of Topliss-reactive ketones (excluding diaryl/α,β-unsaturated/α-hetero) is 4. The summed E-state index contributed by atoms with van der Waals surface area (Å²) in [6, 6.07) is 3.03. The second-order valence-corrected chi connectivity index (χ2v) is 9.11. The number of aliphatic hydroxyl groups is 2. The molecule has 4 unspecified atom stereocenters. The van der Waals surface area contributed by atoms with Crippen LogP contribution in [0.1, 0.15) is 28.8 Å². The Labute approximate surface area is 183 Å². The van der Waals surface area contributed by atoms with Crippen molar-refractivity contribution in [1.82, 2.24) is 4.90 Å². The van der Waals surface area contributed by atoms with Crippen LogP contribution >= 0.6 is 0 Å². The number of hydrogen-bond donors (Lipinski definition) is 4. The molecule has 0 aromatic heterocycles. The number of hydrogen-bond acceptors (Lipinski definition) is 9. The van der Waals surface area contributed by atoms with Gasteiger partial charge in [-0.15, -0.1) is 0 Å². The quantitative estimate of drug-likeness (QED) is 0.391. The van der Waals surface area contributed by atoms with Crippen molar-refractivity contribution in [2.45, 2.75) is 30.6 Å². The average Bonchev–Trinajstić information content (AvgIpc) is 2.70. The average molecular weight is 444 g/mol. The predicted molar refractivity (Wildman–Crippen MR) is 107 cm³/mol. The molecule has 0 bridgehead atoms. The van der Waals surface area contributed by atoms with E-state index in [0.29, 0.717) is 5.56 Å². The molecule has 0 saturated heterocycles. The molecule has 3 aliphatic carbocycles. The number of rotatable bonds is 2. The summed E-state index contributed by atoms with van der Waals surface area (Å²) in [7, 11) is 2.89. The first-order valence-corrected chi connectivity index (χ1v) is 10.2. The van der Waals surface area contributed by atoms with E-state index in [4.69, 9.17) is 5.73 Å². The number of phenolic OH excluding ortho intramolecular Hbond substituents is 1. The molecule has 170 valence electrons. The zero-order chi connectivity index (χ0) is 23.9. The summed E-state index contributed by atoms with van der Waals surface area (Å²) in [6.45, 7) is 1.66. The smallest absolute Gasteiger partial charge is 0.235 e. The third-order valence-corrected chi connectivity index (χ3v) is 7.35. The lowest BCUT2D eigenvalue weighted by molar-refractivity contribution is -0.196. The number of ketones is 4. The van der Waals surface area contributed by atoms with Crippen molar-refractivity contribution in [1.29, 1.82) is 0 Å². The first kappa shape index (κ1) is 22.3. The molecule has 2 saturated carbocycles. The van der Waals surface area contributed by atoms with Gasteiger partial charge in [-0.05, 0) is 31.6 Å². The van der Waals surface area contributed by atoms with Gasteiger partial charge in [0.15, 0.2) is 34.7 Å². The largest absolute Gasteiger partial charge is 0.507 e. The Morgan fingerprint density at radius 2 is 1.75 bits per heavy atom. The maximum Gasteiger partial charge on any atom is 0.235 e. The standard InChI is InChI=1S/C22H24N2O8/c1-7-8-5-4-6-9(25)11(8)16(26)12-10(7)17(27)14-15(24(2)3)18(28)13(21(23)31)20(30)22(14,32)19(12)29/h4-7,10,12-15,17,25,27,32H,1-3H3,(H2,23,31)/t7-,10?,12?,13?,14?,15-,17+,22+/m1/s1. The summed E-state index contributed by atoms with van der Waals surface area (Å²) in [5, 5.41) is 33.1. The Balaban J connectivity index is 1.96. The number of benzene rings is 1. The highest BCUT2D eigenvalue weighted by Crippen LogP contribution is 2.54. The van der Waals surface area contributed by atoms with Gasteiger partial charge in [0, 0.05) is 5.92 Å². The van der Waals surface area contributed by atoms with Gasteiger partial charge in [0.2, 0.25) is 5.91 Å². The number of fused-ring (bicyclic) bond motifs is 3. The van der Waals surface area contributed by atoms with Gasteiger partial charge in [-0.3, -0.25) is 28.9 Å². The maximum absolute atomic E-state index is 13.6. The number of primary amides is 1. The minimum atomic E-state index is -2.97. The Kier molecular flexibility index (Phi) is 4.89. The van der Waals surface area contributed by atoms with Crippen LogP contribution in [0, 0.1) is 23.7 Å². The third-order valence-electron chi connectivity index (χ3n) is 7.35. The molecule has 0 heterocycles. The van der Waals surface area contributed by atoms with E-state index in [1.165, 1.54) is 31.1 Å². The van der Waals surface area contributed by atoms with E-state index < -0.39 is 76.4 Å². The van der Waals surface area contributed by atoms with Crippen molar-refractivity contribution < 1.29 is 39.3 Å². The van der Waals surface area contributed by atoms with Crippen LogP contribution in [0.5, 0.6) is 5.75 Å². The Hall–Kier alpha value is -2.95. The van der Waals surface area contributed by atoms with Gasteiger partial charge in [0.05, 0.1) is 29.5 Å². The molecule has 0 aliphatic heterocycles. The SMILES string of the molecule is C[C@@H]1c2cccc(O)c2C(=O)C2C(=O)[C@]3(O)C(=O)C(C(N)=O)C(=O)[C@H](N(C)C)C3[C@@H](O)C21. The van der Waals surface area contributed by atoms with Crippen molar-refractivity contribution in [3.8, 4) is 5.75 Å². The molecule has 2 fully saturated rings. The minimum Gasteiger partial charge on any atom is -0.507 e. The van der Waals surface area contributed by atoms with Gasteiger partial charge in [-0.1, -0.05) is 19.1 Å². The van der Waals surface area contributed by atoms with Gasteiger partial charge in [-0.25, -0.2) is 0 Å². The minimum absolute atomic E-state index is 0.112. The Morgan fingerprint density at radius 3 is 2.31 bits per heavy atom. The van der Waals surface area contributed by atoms with Crippen LogP contribution in [0.25, 0.3) is 0 Å². The van der Waals surface area contributed by atoms with Crippen molar-refractivity contribution in [3.63, 3.8) is 0 Å². The second kappa shape index (κ2) is 7.03. The molecule has 4 rings (SSSR count). The first-order valence-electron chi connectivity index (χ1n) is 10.2. The third kappa shape index (κ3) is 2.54. The highest BCUT2D eigenvalue weighted by Gasteiger charge is 2.72. The van der Waals surface area contributed by atoms with Crippen molar-refractivity contribution in [2.24, 2.45) is 29.4 Å². The zero-order valence-electron chi connectivity index (χ0n) is 17.7. The fourth-order valence-electron chi connectivity index (χ4n) is 5.95. The molecule has 32 heavy (non-hydrogen) atoms. The molecule has 3 aliphatic rings. The molecule has 1 aromatic carbocycles. The second-order valence-electron chi connectivity index (χ2n) is 9.11. The summed E-state index contributed by atoms with van der Waals surface area (Å²) in [6.07, 6.45) is -1.62. The van der Waals surface area contributed by atoms with Crippen LogP contribution in [0.15, 0.2) is 18.2 Å². The fourth-order valence-corrected chi connectivity index (χ4v) is 5.95. The molecule has 8 atom stereocenters. The van der Waals surface area contributed by atoms with E-state index >= 15 is 0 Å². The number of aromatic hydroxyl groups is 1. The molecule has 10 nitrogen and oxygen atoms in total. The van der Waals surface area contributed by atoms with Crippen LogP contribution in [0.4, 0.5) is 0 Å². The molecule has 10 heteroatoms. The number of aliphatic hydroxyl groups excluding tert-OH is 1. The molecule has 1 amide bonds. The topological polar surface area (TPSA) is 175 Å². The normalized spacial score (nSPS) is 38.9. The predicted octanol–water partition coefficient (Wildman–Crippen LogP) is -1.60. The fraction of sp³-hybridized carbons (Fsp3) is 0.500. The molecule has 0 radical (unpaired) electrons. The number of carbonyl (C=O) groups is 5. The molecular weight excluding hydrogens is 420 g/mol. The van der Waals surface area contributed by atoms with E-state index in [1.54, 1.807) is 13.0 Å². The first-order chi connectivity index (χ1) is 14.9. The van der Waals surface area contributed by atoms with Crippen LogP contribution in [-0.4, -0.2) is 81.1 Å². The van der Waals surface area contributed by atoms with Crippen molar-refractivity contribution >= 4 is 29.0 Å². The number of likely N-dealkylation sites (N-methyl/N-ethyl adjacent to an activating group) is 1. The number of carbonyl (C=O) groups excluding carboxylic acids is 5. The molecule has 5 N–H and O–H groups in total. The summed E-state index contributed by atoms with van der Waals surface area (Å²) in [5.74, 6) is -13.1. The Morgan fingerprint density at radius 1 is 1.12 bits per heavy atom. The summed E-state index contributed by atoms with van der Waals surface area (Å²) < 4.78 is 0. The molecule has 0 spiro atoms. The van der Waals surface area contributed by atoms with Gasteiger partial charge in [0.1, 0.15) is 5.75 Å². The van der Waals surface area contributed by atoms with Crippen molar-refractivity contribution in [3.05, 3.63) is 29.3 Å². The monoisotopic (exact) mass is 444 g/mol. The van der Waals surface area contributed by atoms with Gasteiger partial charge in [0.25, 0.3) is 0 Å². The van der Waals surface area contributed by atoms with Gasteiger partial charge in [-0.2, -0.15) is 0 Å². The van der Waals surface area contributed by atoms with Crippen LogP contribution in [0.2, 0.25) is 0 Å². The number of phenols is 1. The lowest BCUT2D eigenvalue weighted by atomic mass is 9.49. The van der Waals surface area contributed by atoms with E-state index in [1.807, 2.05) is 0 Å². The van der Waals surface area contributed by atoms with E-state index in [0.717, 1.165) is 0 Å². The van der Waals surface area contributed by atoms with Crippen LogP contribution in [-0.2, 0) is 19.2 Å².